The van der Waals surface area contributed by atoms with Gasteiger partial charge in [0.25, 0.3) is 0 Å². The summed E-state index contributed by atoms with van der Waals surface area (Å²) in [6.07, 6.45) is 0. The maximum atomic E-state index is 12.6. The second kappa shape index (κ2) is 6.03. The maximum absolute atomic E-state index is 12.6. The number of aryl methyl sites for hydroxylation is 1. The molecule has 0 heterocycles. The number of carboxylic acid groups (broad SMARTS) is 1. The molecule has 2 amide bonds. The Morgan fingerprint density at radius 1 is 1.29 bits per heavy atom. The van der Waals surface area contributed by atoms with Crippen LogP contribution in [0.15, 0.2) is 18.2 Å². The summed E-state index contributed by atoms with van der Waals surface area (Å²) in [5.74, 6) is -1.02. The van der Waals surface area contributed by atoms with Crippen LogP contribution in [-0.2, 0) is 4.79 Å². The van der Waals surface area contributed by atoms with Crippen molar-refractivity contribution in [1.29, 1.82) is 0 Å². The molecular weight excluding hydrogens is 272 g/mol. The van der Waals surface area contributed by atoms with E-state index < -0.39 is 17.5 Å². The van der Waals surface area contributed by atoms with E-state index in [1.165, 1.54) is 36.8 Å². The van der Waals surface area contributed by atoms with Crippen molar-refractivity contribution in [3.05, 3.63) is 23.8 Å². The Morgan fingerprint density at radius 2 is 1.86 bits per heavy atom. The minimum Gasteiger partial charge on any atom is -0.508 e. The number of phenolic OH excluding ortho intramolecular Hbond substituents is 1. The van der Waals surface area contributed by atoms with Crippen molar-refractivity contribution in [3.8, 4) is 5.75 Å². The Labute approximate surface area is 124 Å². The number of aromatic hydroxyl groups is 1. The first-order valence-corrected chi connectivity index (χ1v) is 6.71. The van der Waals surface area contributed by atoms with E-state index in [9.17, 15) is 19.8 Å². The van der Waals surface area contributed by atoms with Gasteiger partial charge in [-0.3, -0.25) is 4.90 Å². The summed E-state index contributed by atoms with van der Waals surface area (Å²) in [4.78, 5) is 26.5. The summed E-state index contributed by atoms with van der Waals surface area (Å²) in [5, 5.41) is 18.8. The zero-order chi connectivity index (χ0) is 16.4. The van der Waals surface area contributed by atoms with Crippen LogP contribution in [0.2, 0.25) is 0 Å². The third-order valence-corrected chi connectivity index (χ3v) is 3.68. The lowest BCUT2D eigenvalue weighted by atomic mass is 10.0. The number of hydrogen-bond acceptors (Lipinski definition) is 3. The topological polar surface area (TPSA) is 81.1 Å². The van der Waals surface area contributed by atoms with E-state index in [1.807, 2.05) is 6.92 Å². The molecule has 0 aliphatic rings. The van der Waals surface area contributed by atoms with Gasteiger partial charge in [-0.05, 0) is 39.3 Å². The van der Waals surface area contributed by atoms with Gasteiger partial charge < -0.3 is 15.1 Å². The molecule has 2 N–H and O–H groups in total. The van der Waals surface area contributed by atoms with E-state index in [2.05, 4.69) is 0 Å². The van der Waals surface area contributed by atoms with Crippen LogP contribution in [0.25, 0.3) is 0 Å². The van der Waals surface area contributed by atoms with Gasteiger partial charge in [0.05, 0.1) is 5.69 Å². The Kier molecular flexibility index (Phi) is 4.83. The third kappa shape index (κ3) is 3.26. The van der Waals surface area contributed by atoms with Crippen LogP contribution in [0.3, 0.4) is 0 Å². The average Bonchev–Trinajstić information content (AvgIpc) is 2.42. The molecule has 0 aromatic heterocycles. The summed E-state index contributed by atoms with van der Waals surface area (Å²) in [6.45, 7) is 6.92. The summed E-state index contributed by atoms with van der Waals surface area (Å²) >= 11 is 0. The lowest BCUT2D eigenvalue weighted by molar-refractivity contribution is -0.146. The third-order valence-electron chi connectivity index (χ3n) is 3.68. The zero-order valence-electron chi connectivity index (χ0n) is 13.0. The van der Waals surface area contributed by atoms with Gasteiger partial charge >= 0.3 is 12.0 Å². The molecule has 0 aliphatic heterocycles. The summed E-state index contributed by atoms with van der Waals surface area (Å²) in [6, 6.07) is 4.32. The molecule has 6 heteroatoms. The number of hydrogen-bond donors (Lipinski definition) is 2. The van der Waals surface area contributed by atoms with Gasteiger partial charge in [-0.15, -0.1) is 0 Å². The van der Waals surface area contributed by atoms with Gasteiger partial charge in [0.15, 0.2) is 0 Å². The molecule has 1 aromatic rings. The Hall–Kier alpha value is -2.24. The quantitative estimate of drug-likeness (QED) is 0.893. The summed E-state index contributed by atoms with van der Waals surface area (Å²) in [7, 11) is 1.46. The van der Waals surface area contributed by atoms with Gasteiger partial charge in [-0.1, -0.05) is 6.07 Å². The van der Waals surface area contributed by atoms with Crippen molar-refractivity contribution < 1.29 is 19.8 Å². The zero-order valence-corrected chi connectivity index (χ0v) is 13.0. The van der Waals surface area contributed by atoms with E-state index in [1.54, 1.807) is 19.1 Å². The number of likely N-dealkylation sites (N-methyl/N-ethyl adjacent to an activating group) is 1. The van der Waals surface area contributed by atoms with Gasteiger partial charge in [-0.2, -0.15) is 0 Å². The summed E-state index contributed by atoms with van der Waals surface area (Å²) < 4.78 is 0. The van der Waals surface area contributed by atoms with Gasteiger partial charge in [-0.25, -0.2) is 9.59 Å². The number of aliphatic carboxylic acids is 1. The molecule has 0 bridgehead atoms. The molecule has 0 aliphatic carbocycles. The second-order valence-electron chi connectivity index (χ2n) is 5.42. The molecule has 0 saturated heterocycles. The van der Waals surface area contributed by atoms with E-state index in [0.717, 1.165) is 5.56 Å². The predicted octanol–water partition coefficient (Wildman–Crippen LogP) is 2.44. The molecule has 1 rings (SSSR count). The van der Waals surface area contributed by atoms with Crippen LogP contribution in [0.1, 0.15) is 26.3 Å². The fourth-order valence-corrected chi connectivity index (χ4v) is 1.86. The van der Waals surface area contributed by atoms with Crippen LogP contribution in [0, 0.1) is 6.92 Å². The number of benzene rings is 1. The van der Waals surface area contributed by atoms with Crippen molar-refractivity contribution in [2.24, 2.45) is 0 Å². The SMILES string of the molecule is CCN(C(=O)N(C)C(C)(C)C(=O)O)c1cc(O)ccc1C. The molecule has 6 nitrogen and oxygen atoms in total. The van der Waals surface area contributed by atoms with E-state index >= 15 is 0 Å². The standard InChI is InChI=1S/C15H22N2O4/c1-6-17(12-9-11(18)8-7-10(12)2)14(21)16(5)15(3,4)13(19)20/h7-9,18H,6H2,1-5H3,(H,19,20). The molecule has 0 saturated carbocycles. The fourth-order valence-electron chi connectivity index (χ4n) is 1.86. The largest absolute Gasteiger partial charge is 0.508 e. The first-order chi connectivity index (χ1) is 9.62. The first kappa shape index (κ1) is 16.8. The van der Waals surface area contributed by atoms with Gasteiger partial charge in [0.1, 0.15) is 11.3 Å². The number of anilines is 1. The molecule has 21 heavy (non-hydrogen) atoms. The molecule has 0 fully saturated rings. The number of phenols is 1. The van der Waals surface area contributed by atoms with Crippen molar-refractivity contribution in [3.63, 3.8) is 0 Å². The fraction of sp³-hybridized carbons (Fsp3) is 0.467. The monoisotopic (exact) mass is 294 g/mol. The van der Waals surface area contributed by atoms with E-state index in [4.69, 9.17) is 0 Å². The number of carbonyl (C=O) groups excluding carboxylic acids is 1. The minimum atomic E-state index is -1.32. The number of urea groups is 1. The Morgan fingerprint density at radius 3 is 2.33 bits per heavy atom. The molecule has 1 aromatic carbocycles. The lowest BCUT2D eigenvalue weighted by Gasteiger charge is -2.36. The van der Waals surface area contributed by atoms with Gasteiger partial charge in [0, 0.05) is 19.7 Å². The highest BCUT2D eigenvalue weighted by molar-refractivity contribution is 5.96. The highest BCUT2D eigenvalue weighted by Gasteiger charge is 2.37. The van der Waals surface area contributed by atoms with Crippen LogP contribution in [0.5, 0.6) is 5.75 Å². The summed E-state index contributed by atoms with van der Waals surface area (Å²) in [5.41, 5.74) is 0.0648. The Bertz CT molecular complexity index is 555. The average molecular weight is 294 g/mol. The highest BCUT2D eigenvalue weighted by Crippen LogP contribution is 2.27. The predicted molar refractivity (Wildman–Crippen MR) is 80.7 cm³/mol. The molecule has 116 valence electrons. The van der Waals surface area contributed by atoms with Crippen molar-refractivity contribution in [1.82, 2.24) is 4.90 Å². The van der Waals surface area contributed by atoms with Crippen LogP contribution in [-0.4, -0.2) is 46.2 Å². The van der Waals surface area contributed by atoms with E-state index in [0.29, 0.717) is 12.2 Å². The second-order valence-corrected chi connectivity index (χ2v) is 5.42. The normalized spacial score (nSPS) is 11.1. The molecule has 0 unspecified atom stereocenters. The molecular formula is C15H22N2O4. The van der Waals surface area contributed by atoms with Crippen LogP contribution >= 0.6 is 0 Å². The minimum absolute atomic E-state index is 0.0574. The smallest absolute Gasteiger partial charge is 0.329 e. The first-order valence-electron chi connectivity index (χ1n) is 6.71. The number of carboxylic acids is 1. The van der Waals surface area contributed by atoms with Crippen LogP contribution < -0.4 is 4.90 Å². The molecule has 0 radical (unpaired) electrons. The molecule has 0 atom stereocenters. The number of carbonyl (C=O) groups is 2. The van der Waals surface area contributed by atoms with Crippen molar-refractivity contribution in [2.75, 3.05) is 18.5 Å². The van der Waals surface area contributed by atoms with Crippen molar-refractivity contribution >= 4 is 17.7 Å². The van der Waals surface area contributed by atoms with Gasteiger partial charge in [0.2, 0.25) is 0 Å². The molecule has 0 spiro atoms. The number of nitrogens with zero attached hydrogens (tertiary/aromatic N) is 2. The van der Waals surface area contributed by atoms with Crippen LogP contribution in [0.4, 0.5) is 10.5 Å². The highest BCUT2D eigenvalue weighted by atomic mass is 16.4. The van der Waals surface area contributed by atoms with E-state index in [-0.39, 0.29) is 5.75 Å². The lowest BCUT2D eigenvalue weighted by Crippen LogP contribution is -2.55. The maximum Gasteiger partial charge on any atom is 0.329 e. The number of rotatable bonds is 4. The number of amides is 2. The Balaban J connectivity index is 3.19. The van der Waals surface area contributed by atoms with Crippen molar-refractivity contribution in [2.45, 2.75) is 33.2 Å².